The lowest BCUT2D eigenvalue weighted by Gasteiger charge is -2.22. The number of aromatic amines is 1. The highest BCUT2D eigenvalue weighted by atomic mass is 31.2. The van der Waals surface area contributed by atoms with Crippen molar-refractivity contribution in [1.82, 2.24) is 19.5 Å². The molecule has 1 saturated carbocycles. The fourth-order valence-electron chi connectivity index (χ4n) is 2.97. The third-order valence-electron chi connectivity index (χ3n) is 4.80. The van der Waals surface area contributed by atoms with Crippen LogP contribution in [0.15, 0.2) is 11.1 Å². The van der Waals surface area contributed by atoms with Gasteiger partial charge in [-0.3, -0.25) is 23.4 Å². The SMILES string of the molecule is CC(C)OC(=O)OCOP(=O)(COC1(Cn2cnc3c(=O)[nH]c(N)nc32)CC1)OCOC(=O)OC(C)C. The molecule has 1 aliphatic carbocycles. The molecule has 0 radical (unpaired) electrons. The Morgan fingerprint density at radius 3 is 2.19 bits per heavy atom. The molecule has 0 unspecified atom stereocenters. The minimum atomic E-state index is -4.11. The summed E-state index contributed by atoms with van der Waals surface area (Å²) in [7, 11) is -4.11. The summed E-state index contributed by atoms with van der Waals surface area (Å²) in [5, 5.41) is 0. The lowest BCUT2D eigenvalue weighted by Crippen LogP contribution is -2.24. The Labute approximate surface area is 211 Å². The number of fused-ring (bicyclic) bond motifs is 1. The van der Waals surface area contributed by atoms with E-state index in [0.29, 0.717) is 12.8 Å². The molecule has 2 aromatic heterocycles. The number of nitrogens with one attached hydrogen (secondary N) is 1. The second-order valence-corrected chi connectivity index (χ2v) is 10.7. The number of hydrogen-bond acceptors (Lipinski definition) is 14. The standard InChI is InChI=1S/C20H30N5O11P/c1-12(2)35-18(27)30-9-33-37(29,34-10-31-19(28)36-13(3)4)11-32-20(5-6-20)7-25-8-22-14-15(25)23-17(21)24-16(14)26/h8,12-13H,5-7,9-11H2,1-4H3,(H3,21,23,24,26). The number of anilines is 1. The van der Waals surface area contributed by atoms with Crippen molar-refractivity contribution in [2.24, 2.45) is 0 Å². The van der Waals surface area contributed by atoms with Gasteiger partial charge >= 0.3 is 19.9 Å². The molecule has 2 aromatic rings. The van der Waals surface area contributed by atoms with E-state index in [-0.39, 0.29) is 23.7 Å². The fourth-order valence-corrected chi connectivity index (χ4v) is 4.06. The summed E-state index contributed by atoms with van der Waals surface area (Å²) in [6.07, 6.45) is -0.925. The lowest BCUT2D eigenvalue weighted by molar-refractivity contribution is -0.0394. The van der Waals surface area contributed by atoms with E-state index in [9.17, 15) is 18.9 Å². The second kappa shape index (κ2) is 11.9. The average Bonchev–Trinajstić information content (AvgIpc) is 3.43. The van der Waals surface area contributed by atoms with E-state index in [4.69, 9.17) is 38.5 Å². The number of rotatable bonds is 13. The minimum absolute atomic E-state index is 0.0664. The smallest absolute Gasteiger partial charge is 0.432 e. The zero-order valence-electron chi connectivity index (χ0n) is 20.8. The number of nitrogens with zero attached hydrogens (tertiary/aromatic N) is 3. The van der Waals surface area contributed by atoms with Crippen molar-refractivity contribution < 1.29 is 46.9 Å². The Balaban J connectivity index is 1.63. The molecule has 0 aromatic carbocycles. The zero-order chi connectivity index (χ0) is 27.2. The van der Waals surface area contributed by atoms with Crippen molar-refractivity contribution in [3.05, 3.63) is 16.7 Å². The van der Waals surface area contributed by atoms with Crippen LogP contribution in [0.1, 0.15) is 40.5 Å². The van der Waals surface area contributed by atoms with Gasteiger partial charge in [-0.2, -0.15) is 4.98 Å². The molecule has 3 N–H and O–H groups in total. The first-order chi connectivity index (χ1) is 17.4. The molecular weight excluding hydrogens is 517 g/mol. The topological polar surface area (TPSA) is 205 Å². The number of imidazole rings is 1. The highest BCUT2D eigenvalue weighted by Crippen LogP contribution is 2.52. The molecule has 0 spiro atoms. The number of nitrogens with two attached hydrogens (primary N) is 1. The third kappa shape index (κ3) is 8.42. The van der Waals surface area contributed by atoms with Crippen molar-refractivity contribution >= 4 is 37.0 Å². The van der Waals surface area contributed by atoms with E-state index in [1.54, 1.807) is 32.3 Å². The van der Waals surface area contributed by atoms with Gasteiger partial charge in [0.1, 0.15) is 6.35 Å². The molecule has 2 heterocycles. The largest absolute Gasteiger partial charge is 0.510 e. The molecule has 0 bridgehead atoms. The van der Waals surface area contributed by atoms with E-state index in [1.165, 1.54) is 6.33 Å². The fraction of sp³-hybridized carbons (Fsp3) is 0.650. The molecule has 3 rings (SSSR count). The van der Waals surface area contributed by atoms with E-state index < -0.39 is 63.2 Å². The Bertz CT molecular complexity index is 1170. The Morgan fingerprint density at radius 2 is 1.68 bits per heavy atom. The zero-order valence-corrected chi connectivity index (χ0v) is 21.7. The van der Waals surface area contributed by atoms with Crippen LogP contribution in [-0.2, 0) is 43.8 Å². The van der Waals surface area contributed by atoms with Gasteiger partial charge in [0.25, 0.3) is 5.56 Å². The summed E-state index contributed by atoms with van der Waals surface area (Å²) in [6, 6.07) is 0. The van der Waals surface area contributed by atoms with Crippen LogP contribution in [0.3, 0.4) is 0 Å². The van der Waals surface area contributed by atoms with Gasteiger partial charge in [-0.1, -0.05) is 0 Å². The summed E-state index contributed by atoms with van der Waals surface area (Å²) in [5.74, 6) is -0.0664. The van der Waals surface area contributed by atoms with Crippen molar-refractivity contribution in [1.29, 1.82) is 0 Å². The summed E-state index contributed by atoms with van der Waals surface area (Å²) >= 11 is 0. The molecule has 0 atom stereocenters. The Kier molecular flexibility index (Phi) is 9.12. The van der Waals surface area contributed by atoms with Crippen molar-refractivity contribution in [2.45, 2.75) is 64.9 Å². The van der Waals surface area contributed by atoms with Gasteiger partial charge in [0.2, 0.25) is 19.5 Å². The quantitative estimate of drug-likeness (QED) is 0.210. The number of H-pyrrole nitrogens is 1. The highest BCUT2D eigenvalue weighted by molar-refractivity contribution is 7.53. The van der Waals surface area contributed by atoms with Crippen LogP contribution >= 0.6 is 7.60 Å². The Morgan fingerprint density at radius 1 is 1.11 bits per heavy atom. The lowest BCUT2D eigenvalue weighted by atomic mass is 10.3. The van der Waals surface area contributed by atoms with Crippen LogP contribution in [0.2, 0.25) is 0 Å². The van der Waals surface area contributed by atoms with Gasteiger partial charge < -0.3 is 34.0 Å². The maximum Gasteiger partial charge on any atom is 0.510 e. The number of carbonyl (C=O) groups excluding carboxylic acids is 2. The van der Waals surface area contributed by atoms with Gasteiger partial charge in [-0.05, 0) is 40.5 Å². The van der Waals surface area contributed by atoms with E-state index in [1.807, 2.05) is 0 Å². The van der Waals surface area contributed by atoms with Crippen molar-refractivity contribution in [3.8, 4) is 0 Å². The van der Waals surface area contributed by atoms with E-state index in [0.717, 1.165) is 0 Å². The van der Waals surface area contributed by atoms with Crippen LogP contribution in [0.25, 0.3) is 11.2 Å². The Hall–Kier alpha value is -3.20. The van der Waals surface area contributed by atoms with Crippen LogP contribution in [-0.4, -0.2) is 69.6 Å². The minimum Gasteiger partial charge on any atom is -0.432 e. The predicted molar refractivity (Wildman–Crippen MR) is 125 cm³/mol. The molecule has 37 heavy (non-hydrogen) atoms. The molecule has 0 saturated heterocycles. The summed E-state index contributed by atoms with van der Waals surface area (Å²) in [5.41, 5.74) is 4.74. The number of ether oxygens (including phenoxy) is 5. The van der Waals surface area contributed by atoms with Crippen molar-refractivity contribution in [2.75, 3.05) is 25.7 Å². The molecular formula is C20H30N5O11P. The summed E-state index contributed by atoms with van der Waals surface area (Å²) in [6.45, 7) is 5.16. The number of hydrogen-bond donors (Lipinski definition) is 2. The van der Waals surface area contributed by atoms with Gasteiger partial charge in [0, 0.05) is 0 Å². The first-order valence-corrected chi connectivity index (χ1v) is 13.0. The van der Waals surface area contributed by atoms with Gasteiger partial charge in [-0.25, -0.2) is 14.6 Å². The first-order valence-electron chi connectivity index (χ1n) is 11.3. The summed E-state index contributed by atoms with van der Waals surface area (Å²) in [4.78, 5) is 45.7. The van der Waals surface area contributed by atoms with Crippen LogP contribution in [0.5, 0.6) is 0 Å². The molecule has 206 valence electrons. The predicted octanol–water partition coefficient (Wildman–Crippen LogP) is 2.47. The number of carbonyl (C=O) groups is 2. The third-order valence-corrected chi connectivity index (χ3v) is 6.25. The maximum atomic E-state index is 13.3. The highest BCUT2D eigenvalue weighted by Gasteiger charge is 2.47. The molecule has 16 nitrogen and oxygen atoms in total. The molecule has 1 aliphatic rings. The maximum absolute atomic E-state index is 13.3. The molecule has 0 aliphatic heterocycles. The van der Waals surface area contributed by atoms with Gasteiger partial charge in [0.05, 0.1) is 30.7 Å². The van der Waals surface area contributed by atoms with E-state index >= 15 is 0 Å². The molecule has 17 heteroatoms. The van der Waals surface area contributed by atoms with Crippen LogP contribution in [0, 0.1) is 0 Å². The molecule has 1 fully saturated rings. The van der Waals surface area contributed by atoms with Crippen molar-refractivity contribution in [3.63, 3.8) is 0 Å². The van der Waals surface area contributed by atoms with Crippen LogP contribution < -0.4 is 11.3 Å². The normalized spacial score (nSPS) is 14.6. The number of aromatic nitrogens is 4. The van der Waals surface area contributed by atoms with Gasteiger partial charge in [0.15, 0.2) is 11.2 Å². The molecule has 0 amide bonds. The number of nitrogen functional groups attached to an aromatic ring is 1. The first kappa shape index (κ1) is 28.4. The average molecular weight is 547 g/mol. The van der Waals surface area contributed by atoms with E-state index in [2.05, 4.69) is 15.0 Å². The van der Waals surface area contributed by atoms with Crippen LogP contribution in [0.4, 0.5) is 15.5 Å². The monoisotopic (exact) mass is 547 g/mol. The summed E-state index contributed by atoms with van der Waals surface area (Å²) < 4.78 is 50.2. The van der Waals surface area contributed by atoms with Gasteiger partial charge in [-0.15, -0.1) is 0 Å². The second-order valence-electron chi connectivity index (χ2n) is 8.68.